The largest absolute Gasteiger partial charge is 0.462 e. The van der Waals surface area contributed by atoms with E-state index < -0.39 is 23.9 Å². The summed E-state index contributed by atoms with van der Waals surface area (Å²) in [5.74, 6) is -2.23. The van der Waals surface area contributed by atoms with Gasteiger partial charge in [-0.15, -0.1) is 0 Å². The van der Waals surface area contributed by atoms with E-state index in [1.165, 1.54) is 0 Å². The number of nitrogens with one attached hydrogen (secondary N) is 2. The molecule has 0 spiro atoms. The number of esters is 4. The van der Waals surface area contributed by atoms with Crippen molar-refractivity contribution >= 4 is 68.2 Å². The Morgan fingerprint density at radius 2 is 0.854 bits per heavy atom. The number of hydrogen-bond acceptors (Lipinski definition) is 10. The minimum Gasteiger partial charge on any atom is -0.462 e. The molecule has 0 atom stereocenters. The number of rotatable bonds is 8. The summed E-state index contributed by atoms with van der Waals surface area (Å²) in [5.41, 5.74) is 6.41. The molecule has 3 aromatic heterocycles. The lowest BCUT2D eigenvalue weighted by atomic mass is 10.0. The number of fused-ring (bicyclic) bond motifs is 8. The number of allylic oxidation sites excluding steroid dienone is 2. The van der Waals surface area contributed by atoms with E-state index in [2.05, 4.69) is 9.97 Å². The van der Waals surface area contributed by atoms with Crippen molar-refractivity contribution in [3.05, 3.63) is 69.3 Å². The van der Waals surface area contributed by atoms with E-state index >= 15 is 0 Å². The summed E-state index contributed by atoms with van der Waals surface area (Å²) in [6.07, 6.45) is 0. The molecule has 3 aromatic rings. The summed E-state index contributed by atoms with van der Waals surface area (Å²) < 4.78 is 21.6. The molecule has 0 radical (unpaired) electrons. The van der Waals surface area contributed by atoms with Crippen molar-refractivity contribution in [2.45, 2.75) is 55.4 Å². The third-order valence-electron chi connectivity index (χ3n) is 8.19. The molecule has 5 rings (SSSR count). The van der Waals surface area contributed by atoms with Crippen molar-refractivity contribution in [1.82, 2.24) is 19.9 Å². The highest BCUT2D eigenvalue weighted by Gasteiger charge is 2.29. The van der Waals surface area contributed by atoms with Crippen molar-refractivity contribution in [3.8, 4) is 0 Å². The summed E-state index contributed by atoms with van der Waals surface area (Å²) in [6.45, 7) is 14.5. The Balaban J connectivity index is 2.01. The third kappa shape index (κ3) is 6.01. The smallest absolute Gasteiger partial charge is 0.340 e. The molecular formula is C36H38N4O8. The lowest BCUT2D eigenvalue weighted by molar-refractivity contribution is -0.136. The zero-order valence-corrected chi connectivity index (χ0v) is 28.3. The number of nitrogens with zero attached hydrogens (tertiary/aromatic N) is 2. The quantitative estimate of drug-likeness (QED) is 0.209. The summed E-state index contributed by atoms with van der Waals surface area (Å²) >= 11 is 0. The van der Waals surface area contributed by atoms with Gasteiger partial charge in [-0.05, 0) is 102 Å². The fraction of sp³-hybridized carbons (Fsp3) is 0.333. The average molecular weight is 655 g/mol. The summed E-state index contributed by atoms with van der Waals surface area (Å²) in [5, 5.41) is 0. The summed E-state index contributed by atoms with van der Waals surface area (Å²) in [6, 6.07) is 6.68. The summed E-state index contributed by atoms with van der Waals surface area (Å²) in [4.78, 5) is 69.4. The van der Waals surface area contributed by atoms with Crippen LogP contribution in [0.5, 0.6) is 0 Å². The topological polar surface area (TPSA) is 163 Å². The number of hydrogen-bond donors (Lipinski definition) is 2. The van der Waals surface area contributed by atoms with Gasteiger partial charge in [0.15, 0.2) is 0 Å². The lowest BCUT2D eigenvalue weighted by Crippen LogP contribution is -2.07. The first-order valence-electron chi connectivity index (χ1n) is 15.8. The van der Waals surface area contributed by atoms with Crippen LogP contribution in [0.3, 0.4) is 0 Å². The van der Waals surface area contributed by atoms with Gasteiger partial charge in [-0.3, -0.25) is 0 Å². The average Bonchev–Trinajstić information content (AvgIpc) is 3.70. The first-order chi connectivity index (χ1) is 22.9. The minimum atomic E-state index is -0.573. The second kappa shape index (κ2) is 13.7. The SMILES string of the molecule is CCOC(=O)C1=C(C)c2cc3[nH]c(cc4[nH]c(cc5nc(cc1n2)C(C)=C5C(=O)OCC)c(C)c4C(=O)OCC)c(C)c3C(=O)OCC. The molecule has 0 amide bonds. The van der Waals surface area contributed by atoms with Crippen LogP contribution in [0.1, 0.15) is 96.2 Å². The minimum absolute atomic E-state index is 0.148. The molecule has 0 aliphatic carbocycles. The second-order valence-electron chi connectivity index (χ2n) is 11.1. The van der Waals surface area contributed by atoms with Crippen LogP contribution in [-0.2, 0) is 28.5 Å². The molecular weight excluding hydrogens is 616 g/mol. The highest BCUT2D eigenvalue weighted by atomic mass is 16.5. The van der Waals surface area contributed by atoms with Gasteiger partial charge in [0.1, 0.15) is 0 Å². The maximum Gasteiger partial charge on any atom is 0.340 e. The zero-order chi connectivity index (χ0) is 34.9. The molecule has 0 aromatic carbocycles. The molecule has 12 nitrogen and oxygen atoms in total. The Morgan fingerprint density at radius 1 is 0.500 bits per heavy atom. The van der Waals surface area contributed by atoms with Crippen molar-refractivity contribution in [2.75, 3.05) is 26.4 Å². The Morgan fingerprint density at radius 3 is 1.31 bits per heavy atom. The fourth-order valence-electron chi connectivity index (χ4n) is 5.85. The normalized spacial score (nSPS) is 12.7. The number of carbonyl (C=O) groups is 4. The first kappa shape index (κ1) is 33.8. The number of aromatic nitrogens is 4. The number of aromatic amines is 2. The first-order valence-corrected chi connectivity index (χ1v) is 15.8. The van der Waals surface area contributed by atoms with Gasteiger partial charge in [0, 0.05) is 11.0 Å². The van der Waals surface area contributed by atoms with Gasteiger partial charge in [0.25, 0.3) is 0 Å². The number of carbonyl (C=O) groups excluding carboxylic acids is 4. The monoisotopic (exact) mass is 654 g/mol. The maximum atomic E-state index is 13.3. The van der Waals surface area contributed by atoms with Crippen LogP contribution in [0.2, 0.25) is 0 Å². The molecule has 5 heterocycles. The van der Waals surface area contributed by atoms with Gasteiger partial charge in [0.05, 0.1) is 82.5 Å². The van der Waals surface area contributed by atoms with E-state index in [0.717, 1.165) is 0 Å². The predicted molar refractivity (Wildman–Crippen MR) is 181 cm³/mol. The summed E-state index contributed by atoms with van der Waals surface area (Å²) in [7, 11) is 0. The van der Waals surface area contributed by atoms with Gasteiger partial charge in [0.2, 0.25) is 0 Å². The van der Waals surface area contributed by atoms with Crippen LogP contribution in [0.15, 0.2) is 24.3 Å². The number of H-pyrrole nitrogens is 2. The Labute approximate surface area is 277 Å². The van der Waals surface area contributed by atoms with Crippen molar-refractivity contribution in [2.24, 2.45) is 0 Å². The van der Waals surface area contributed by atoms with E-state index in [1.54, 1.807) is 79.7 Å². The molecule has 0 unspecified atom stereocenters. The number of aryl methyl sites for hydroxylation is 2. The second-order valence-corrected chi connectivity index (χ2v) is 11.1. The van der Waals surface area contributed by atoms with Gasteiger partial charge in [-0.1, -0.05) is 0 Å². The Bertz CT molecular complexity index is 2100. The van der Waals surface area contributed by atoms with Crippen LogP contribution in [0.25, 0.3) is 44.4 Å². The fourth-order valence-corrected chi connectivity index (χ4v) is 5.85. The van der Waals surface area contributed by atoms with Crippen molar-refractivity contribution in [1.29, 1.82) is 0 Å². The Kier molecular flexibility index (Phi) is 9.64. The van der Waals surface area contributed by atoms with E-state index in [0.29, 0.717) is 61.4 Å². The van der Waals surface area contributed by atoms with E-state index in [9.17, 15) is 19.2 Å². The molecule has 250 valence electrons. The molecule has 48 heavy (non-hydrogen) atoms. The van der Waals surface area contributed by atoms with Gasteiger partial charge < -0.3 is 28.9 Å². The van der Waals surface area contributed by atoms with Gasteiger partial charge in [-0.25, -0.2) is 29.1 Å². The van der Waals surface area contributed by atoms with E-state index in [-0.39, 0.29) is 54.4 Å². The van der Waals surface area contributed by atoms with Gasteiger partial charge in [-0.2, -0.15) is 0 Å². The lowest BCUT2D eigenvalue weighted by Gasteiger charge is -2.05. The molecule has 2 aliphatic heterocycles. The van der Waals surface area contributed by atoms with E-state index in [4.69, 9.17) is 28.9 Å². The molecule has 2 N–H and O–H groups in total. The molecule has 0 fully saturated rings. The Hall–Kier alpha value is -5.52. The predicted octanol–water partition coefficient (Wildman–Crippen LogP) is 6.27. The van der Waals surface area contributed by atoms with Crippen LogP contribution in [0, 0.1) is 13.8 Å². The molecule has 8 bridgehead atoms. The van der Waals surface area contributed by atoms with Crippen LogP contribution in [0.4, 0.5) is 0 Å². The number of ether oxygens (including phenoxy) is 4. The third-order valence-corrected chi connectivity index (χ3v) is 8.19. The van der Waals surface area contributed by atoms with Gasteiger partial charge >= 0.3 is 23.9 Å². The highest BCUT2D eigenvalue weighted by Crippen LogP contribution is 2.36. The van der Waals surface area contributed by atoms with Crippen molar-refractivity contribution < 1.29 is 38.1 Å². The standard InChI is InChI=1S/C36H38N4O8/c1-9-45-33(41)29-17(5)21-14-26-31(35(43)47-11-3)19(7)23(39-26)16-28-32(36(44)48-12-4)20(8)24(40-28)15-27-30(34(42)46-10-2)18(6)22(38-27)13-25(29)37-21/h13-16,37-38H,9-12H2,1-8H3. The van der Waals surface area contributed by atoms with E-state index in [1.807, 2.05) is 0 Å². The van der Waals surface area contributed by atoms with Crippen molar-refractivity contribution in [3.63, 3.8) is 0 Å². The van der Waals surface area contributed by atoms with Crippen LogP contribution >= 0.6 is 0 Å². The maximum absolute atomic E-state index is 13.3. The van der Waals surface area contributed by atoms with Crippen LogP contribution in [-0.4, -0.2) is 70.2 Å². The molecule has 0 saturated heterocycles. The molecule has 12 heteroatoms. The molecule has 2 aliphatic rings. The highest BCUT2D eigenvalue weighted by molar-refractivity contribution is 6.26. The molecule has 0 saturated carbocycles. The van der Waals surface area contributed by atoms with Crippen LogP contribution < -0.4 is 0 Å². The zero-order valence-electron chi connectivity index (χ0n) is 28.3.